The van der Waals surface area contributed by atoms with E-state index in [1.807, 2.05) is 0 Å². The Labute approximate surface area is 67.7 Å². The van der Waals surface area contributed by atoms with E-state index >= 15 is 0 Å². The molecule has 0 amide bonds. The summed E-state index contributed by atoms with van der Waals surface area (Å²) in [5, 5.41) is 6.13. The summed E-state index contributed by atoms with van der Waals surface area (Å²) in [5.41, 5.74) is 16.2. The van der Waals surface area contributed by atoms with Gasteiger partial charge in [-0.1, -0.05) is 0 Å². The molecule has 0 radical (unpaired) electrons. The molecule has 5 heteroatoms. The van der Waals surface area contributed by atoms with Crippen LogP contribution < -0.4 is 27.8 Å². The number of hydrogen-bond donors (Lipinski definition) is 5. The summed E-state index contributed by atoms with van der Waals surface area (Å²) in [6, 6.07) is 0. The Hall–Kier alpha value is -0.200. The van der Waals surface area contributed by atoms with Crippen LogP contribution in [0.2, 0.25) is 0 Å². The van der Waals surface area contributed by atoms with E-state index in [1.54, 1.807) is 0 Å². The topological polar surface area (TPSA) is 102 Å². The summed E-state index contributed by atoms with van der Waals surface area (Å²) in [7, 11) is 0. The van der Waals surface area contributed by atoms with Gasteiger partial charge >= 0.3 is 0 Å². The lowest BCUT2D eigenvalue weighted by atomic mass is 10.4. The van der Waals surface area contributed by atoms with Crippen LogP contribution in [0.5, 0.6) is 0 Å². The summed E-state index contributed by atoms with van der Waals surface area (Å²) in [6.45, 7) is 3.55. The van der Waals surface area contributed by atoms with E-state index < -0.39 is 0 Å². The third kappa shape index (κ3) is 7.70. The van der Waals surface area contributed by atoms with E-state index in [9.17, 15) is 0 Å². The molecule has 0 heterocycles. The number of rotatable bonds is 7. The fourth-order valence-corrected chi connectivity index (χ4v) is 0.701. The van der Waals surface area contributed by atoms with Crippen LogP contribution in [-0.2, 0) is 0 Å². The van der Waals surface area contributed by atoms with Crippen LogP contribution in [0, 0.1) is 0 Å². The number of nitrogens with one attached hydrogen (secondary N) is 2. The highest BCUT2D eigenvalue weighted by molar-refractivity contribution is 4.62. The van der Waals surface area contributed by atoms with Gasteiger partial charge in [0, 0.05) is 32.7 Å². The van der Waals surface area contributed by atoms with E-state index in [1.165, 1.54) is 0 Å². The van der Waals surface area contributed by atoms with Gasteiger partial charge in [0.2, 0.25) is 0 Å². The maximum absolute atomic E-state index is 5.63. The van der Waals surface area contributed by atoms with Crippen molar-refractivity contribution in [3.63, 3.8) is 0 Å². The molecule has 0 aliphatic rings. The molecule has 0 rings (SSSR count). The van der Waals surface area contributed by atoms with Gasteiger partial charge in [0.25, 0.3) is 0 Å². The second-order valence-corrected chi connectivity index (χ2v) is 2.34. The lowest BCUT2D eigenvalue weighted by Crippen LogP contribution is -2.47. The van der Waals surface area contributed by atoms with Gasteiger partial charge in [-0.15, -0.1) is 0 Å². The zero-order valence-electron chi connectivity index (χ0n) is 6.84. The molecule has 0 aliphatic heterocycles. The standard InChI is InChI=1S/C6H19N5/c7-1-3-10-5-6(9)11-4-2-8/h6,10-11H,1-5,7-9H2. The van der Waals surface area contributed by atoms with Gasteiger partial charge in [-0.2, -0.15) is 0 Å². The molecular weight excluding hydrogens is 142 g/mol. The van der Waals surface area contributed by atoms with Gasteiger partial charge < -0.3 is 22.5 Å². The Balaban J connectivity index is 3.02. The van der Waals surface area contributed by atoms with Crippen molar-refractivity contribution >= 4 is 0 Å². The highest BCUT2D eigenvalue weighted by atomic mass is 15.1. The molecule has 11 heavy (non-hydrogen) atoms. The second kappa shape index (κ2) is 7.90. The zero-order valence-corrected chi connectivity index (χ0v) is 6.84. The predicted molar refractivity (Wildman–Crippen MR) is 47.0 cm³/mol. The minimum absolute atomic E-state index is 0.0231. The predicted octanol–water partition coefficient (Wildman–Crippen LogP) is -2.63. The monoisotopic (exact) mass is 161 g/mol. The Kier molecular flexibility index (Phi) is 7.76. The molecular formula is C6H19N5. The average molecular weight is 161 g/mol. The summed E-state index contributed by atoms with van der Waals surface area (Å²) in [5.74, 6) is 0. The third-order valence-electron chi connectivity index (χ3n) is 1.24. The van der Waals surface area contributed by atoms with E-state index in [0.717, 1.165) is 19.6 Å². The molecule has 0 bridgehead atoms. The molecule has 0 spiro atoms. The van der Waals surface area contributed by atoms with Crippen molar-refractivity contribution in [2.75, 3.05) is 32.7 Å². The molecule has 0 aromatic rings. The van der Waals surface area contributed by atoms with Crippen LogP contribution in [0.15, 0.2) is 0 Å². The Morgan fingerprint density at radius 3 is 2.27 bits per heavy atom. The second-order valence-electron chi connectivity index (χ2n) is 2.34. The highest BCUT2D eigenvalue weighted by Gasteiger charge is 1.97. The molecule has 0 aromatic heterocycles. The molecule has 0 aromatic carbocycles. The quantitative estimate of drug-likeness (QED) is 0.208. The molecule has 8 N–H and O–H groups in total. The van der Waals surface area contributed by atoms with E-state index in [2.05, 4.69) is 10.6 Å². The van der Waals surface area contributed by atoms with Crippen molar-refractivity contribution in [1.29, 1.82) is 0 Å². The van der Waals surface area contributed by atoms with Gasteiger partial charge in [0.05, 0.1) is 6.17 Å². The maximum atomic E-state index is 5.63. The average Bonchev–Trinajstić information content (AvgIpc) is 2.01. The minimum atomic E-state index is -0.0231. The molecule has 68 valence electrons. The number of nitrogens with two attached hydrogens (primary N) is 3. The first-order valence-electron chi connectivity index (χ1n) is 3.91. The van der Waals surface area contributed by atoms with E-state index in [-0.39, 0.29) is 6.17 Å². The van der Waals surface area contributed by atoms with Gasteiger partial charge in [-0.3, -0.25) is 5.32 Å². The largest absolute Gasteiger partial charge is 0.329 e. The first-order valence-corrected chi connectivity index (χ1v) is 3.91. The normalized spacial score (nSPS) is 13.4. The zero-order chi connectivity index (χ0) is 8.53. The Morgan fingerprint density at radius 2 is 1.73 bits per heavy atom. The van der Waals surface area contributed by atoms with E-state index in [0.29, 0.717) is 13.1 Å². The summed E-state index contributed by atoms with van der Waals surface area (Å²) < 4.78 is 0. The lowest BCUT2D eigenvalue weighted by Gasteiger charge is -2.13. The summed E-state index contributed by atoms with van der Waals surface area (Å²) in [6.07, 6.45) is -0.0231. The van der Waals surface area contributed by atoms with Crippen LogP contribution in [-0.4, -0.2) is 38.9 Å². The molecule has 0 aliphatic carbocycles. The van der Waals surface area contributed by atoms with Crippen LogP contribution >= 0.6 is 0 Å². The van der Waals surface area contributed by atoms with Crippen LogP contribution in [0.25, 0.3) is 0 Å². The summed E-state index contributed by atoms with van der Waals surface area (Å²) >= 11 is 0. The van der Waals surface area contributed by atoms with Gasteiger partial charge in [-0.25, -0.2) is 0 Å². The first kappa shape index (κ1) is 10.8. The smallest absolute Gasteiger partial charge is 0.0675 e. The fourth-order valence-electron chi connectivity index (χ4n) is 0.701. The molecule has 0 saturated heterocycles. The minimum Gasteiger partial charge on any atom is -0.329 e. The molecule has 0 fully saturated rings. The van der Waals surface area contributed by atoms with Crippen molar-refractivity contribution in [2.24, 2.45) is 17.2 Å². The highest BCUT2D eigenvalue weighted by Crippen LogP contribution is 1.66. The van der Waals surface area contributed by atoms with Crippen LogP contribution in [0.4, 0.5) is 0 Å². The van der Waals surface area contributed by atoms with Gasteiger partial charge in [-0.05, 0) is 0 Å². The third-order valence-corrected chi connectivity index (χ3v) is 1.24. The Morgan fingerprint density at radius 1 is 1.09 bits per heavy atom. The van der Waals surface area contributed by atoms with Crippen LogP contribution in [0.1, 0.15) is 0 Å². The van der Waals surface area contributed by atoms with Crippen molar-refractivity contribution in [1.82, 2.24) is 10.6 Å². The van der Waals surface area contributed by atoms with E-state index in [4.69, 9.17) is 17.2 Å². The molecule has 1 unspecified atom stereocenters. The Bertz CT molecular complexity index is 77.4. The fraction of sp³-hybridized carbons (Fsp3) is 1.00. The van der Waals surface area contributed by atoms with Crippen molar-refractivity contribution < 1.29 is 0 Å². The molecule has 5 nitrogen and oxygen atoms in total. The van der Waals surface area contributed by atoms with Gasteiger partial charge in [0.15, 0.2) is 0 Å². The van der Waals surface area contributed by atoms with Crippen molar-refractivity contribution in [2.45, 2.75) is 6.17 Å². The first-order chi connectivity index (χ1) is 5.31. The summed E-state index contributed by atoms with van der Waals surface area (Å²) in [4.78, 5) is 0. The SMILES string of the molecule is NCCNCC(N)NCCN. The lowest BCUT2D eigenvalue weighted by molar-refractivity contribution is 0.494. The molecule has 0 saturated carbocycles. The number of hydrogen-bond acceptors (Lipinski definition) is 5. The molecule has 1 atom stereocenters. The van der Waals surface area contributed by atoms with Gasteiger partial charge in [0.1, 0.15) is 0 Å². The van der Waals surface area contributed by atoms with Crippen molar-refractivity contribution in [3.8, 4) is 0 Å². The van der Waals surface area contributed by atoms with Crippen molar-refractivity contribution in [3.05, 3.63) is 0 Å². The van der Waals surface area contributed by atoms with Crippen LogP contribution in [0.3, 0.4) is 0 Å². The maximum Gasteiger partial charge on any atom is 0.0675 e.